The van der Waals surface area contributed by atoms with Gasteiger partial charge in [0.05, 0.1) is 7.11 Å². The molecule has 0 radical (unpaired) electrons. The van der Waals surface area contributed by atoms with Gasteiger partial charge in [-0.2, -0.15) is 0 Å². The van der Waals surface area contributed by atoms with Crippen LogP contribution in [0, 0.1) is 0 Å². The van der Waals surface area contributed by atoms with Gasteiger partial charge in [0.25, 0.3) is 5.91 Å². The Kier molecular flexibility index (Phi) is 9.32. The summed E-state index contributed by atoms with van der Waals surface area (Å²) in [6.45, 7) is 5.66. The summed E-state index contributed by atoms with van der Waals surface area (Å²) >= 11 is 1.39. The van der Waals surface area contributed by atoms with Crippen LogP contribution in [0.5, 0.6) is 5.75 Å². The summed E-state index contributed by atoms with van der Waals surface area (Å²) in [5.41, 5.74) is 2.99. The van der Waals surface area contributed by atoms with Gasteiger partial charge in [0, 0.05) is 23.4 Å². The lowest BCUT2D eigenvalue weighted by molar-refractivity contribution is -0.153. The number of esters is 1. The van der Waals surface area contributed by atoms with Gasteiger partial charge in [0.1, 0.15) is 28.5 Å². The lowest BCUT2D eigenvalue weighted by Gasteiger charge is -2.50. The summed E-state index contributed by atoms with van der Waals surface area (Å²) in [4.78, 5) is 55.9. The third kappa shape index (κ3) is 6.68. The van der Waals surface area contributed by atoms with E-state index in [9.17, 15) is 19.2 Å². The highest BCUT2D eigenvalue weighted by atomic mass is 32.2. The van der Waals surface area contributed by atoms with Crippen molar-refractivity contribution >= 4 is 41.2 Å². The Morgan fingerprint density at radius 1 is 0.958 bits per heavy atom. The lowest BCUT2D eigenvalue weighted by atomic mass is 9.89. The maximum Gasteiger partial charge on any atom is 0.408 e. The second-order valence-corrected chi connectivity index (χ2v) is 13.7. The van der Waals surface area contributed by atoms with Crippen molar-refractivity contribution in [1.29, 1.82) is 0 Å². The van der Waals surface area contributed by atoms with E-state index in [1.165, 1.54) is 16.7 Å². The Morgan fingerprint density at radius 2 is 1.62 bits per heavy atom. The molecule has 0 saturated carbocycles. The summed E-state index contributed by atoms with van der Waals surface area (Å²) in [6.07, 6.45) is -1.08. The predicted molar refractivity (Wildman–Crippen MR) is 182 cm³/mol. The van der Waals surface area contributed by atoms with Gasteiger partial charge >= 0.3 is 12.1 Å². The van der Waals surface area contributed by atoms with Crippen LogP contribution in [0.4, 0.5) is 4.79 Å². The molecule has 48 heavy (non-hydrogen) atoms. The minimum atomic E-state index is -0.920. The van der Waals surface area contributed by atoms with E-state index in [4.69, 9.17) is 14.2 Å². The fourth-order valence-corrected chi connectivity index (χ4v) is 7.40. The standard InChI is InChI=1S/C37H37N3O7S/c1-37(2,3)47-36(44)39-29-33(42)40-30(35(43)46-31(22-12-7-5-8-13-22)23-14-9-6-10-15-23)27(21-48-34(29)40)28(26-18-19-38-32(26)41)24-16-11-17-25(20-24)45-4/h5-17,20,29,31,34H,18-19,21H2,1-4H3,(H,38,41)(H,39,44)/t29-,34-/m1/s1. The van der Waals surface area contributed by atoms with Crippen LogP contribution >= 0.6 is 11.8 Å². The molecule has 10 nitrogen and oxygen atoms in total. The number of hydrogen-bond acceptors (Lipinski definition) is 8. The predicted octanol–water partition coefficient (Wildman–Crippen LogP) is 5.36. The Morgan fingerprint density at radius 3 is 2.21 bits per heavy atom. The highest BCUT2D eigenvalue weighted by Gasteiger charge is 2.55. The number of carbonyl (C=O) groups excluding carboxylic acids is 4. The van der Waals surface area contributed by atoms with Gasteiger partial charge in [0.15, 0.2) is 6.10 Å². The zero-order valence-corrected chi connectivity index (χ0v) is 28.0. The fraction of sp³-hybridized carbons (Fsp3) is 0.297. The van der Waals surface area contributed by atoms with Crippen LogP contribution in [0.1, 0.15) is 50.0 Å². The van der Waals surface area contributed by atoms with E-state index in [1.807, 2.05) is 78.9 Å². The number of ether oxygens (including phenoxy) is 3. The van der Waals surface area contributed by atoms with Gasteiger partial charge in [-0.3, -0.25) is 14.5 Å². The first-order valence-corrected chi connectivity index (χ1v) is 16.7. The molecule has 3 amide bonds. The van der Waals surface area contributed by atoms with Crippen LogP contribution in [0.25, 0.3) is 5.57 Å². The summed E-state index contributed by atoms with van der Waals surface area (Å²) in [7, 11) is 1.56. The first-order valence-electron chi connectivity index (χ1n) is 15.7. The average molecular weight is 668 g/mol. The zero-order valence-electron chi connectivity index (χ0n) is 27.1. The molecule has 0 bridgehead atoms. The number of nitrogens with zero attached hydrogens (tertiary/aromatic N) is 1. The molecule has 3 aromatic rings. The quantitative estimate of drug-likeness (QED) is 0.187. The number of methoxy groups -OCH3 is 1. The number of alkyl carbamates (subject to hydrolysis) is 1. The van der Waals surface area contributed by atoms with Gasteiger partial charge in [0.2, 0.25) is 5.91 Å². The SMILES string of the molecule is COc1cccc(C(=C2CCNC2=O)C2=C(C(=O)OC(c3ccccc3)c3ccccc3)N3C(=O)[C@@H](NC(=O)OC(C)(C)C)[C@H]3SC2)c1. The molecular formula is C37H37N3O7S. The Labute approximate surface area is 283 Å². The Bertz CT molecular complexity index is 1760. The van der Waals surface area contributed by atoms with E-state index < -0.39 is 41.1 Å². The summed E-state index contributed by atoms with van der Waals surface area (Å²) in [6, 6.07) is 25.1. The first-order chi connectivity index (χ1) is 23.1. The van der Waals surface area contributed by atoms with Crippen molar-refractivity contribution in [1.82, 2.24) is 15.5 Å². The smallest absolute Gasteiger partial charge is 0.408 e. The molecule has 0 aliphatic carbocycles. The highest BCUT2D eigenvalue weighted by molar-refractivity contribution is 8.00. The van der Waals surface area contributed by atoms with Gasteiger partial charge < -0.3 is 24.8 Å². The molecule has 2 saturated heterocycles. The number of nitrogens with one attached hydrogen (secondary N) is 2. The molecule has 2 fully saturated rings. The van der Waals surface area contributed by atoms with E-state index >= 15 is 0 Å². The largest absolute Gasteiger partial charge is 0.497 e. The minimum Gasteiger partial charge on any atom is -0.497 e. The van der Waals surface area contributed by atoms with Crippen LogP contribution in [0.3, 0.4) is 0 Å². The van der Waals surface area contributed by atoms with Crippen molar-refractivity contribution in [3.63, 3.8) is 0 Å². The van der Waals surface area contributed by atoms with Gasteiger partial charge in [-0.25, -0.2) is 9.59 Å². The third-order valence-corrected chi connectivity index (χ3v) is 9.44. The van der Waals surface area contributed by atoms with Crippen molar-refractivity contribution in [3.8, 4) is 5.75 Å². The van der Waals surface area contributed by atoms with E-state index in [0.29, 0.717) is 41.0 Å². The Hall–Kier alpha value is -5.03. The summed E-state index contributed by atoms with van der Waals surface area (Å²) < 4.78 is 17.3. The van der Waals surface area contributed by atoms with E-state index in [-0.39, 0.29) is 17.4 Å². The minimum absolute atomic E-state index is 0.0351. The normalized spacial score (nSPS) is 20.1. The number of allylic oxidation sites excluding steroid dienone is 1. The molecule has 6 rings (SSSR count). The molecule has 0 aromatic heterocycles. The maximum absolute atomic E-state index is 14.6. The lowest BCUT2D eigenvalue weighted by Crippen LogP contribution is -2.70. The molecule has 248 valence electrons. The van der Waals surface area contributed by atoms with Gasteiger partial charge in [-0.05, 0) is 61.6 Å². The molecular weight excluding hydrogens is 630 g/mol. The third-order valence-electron chi connectivity index (χ3n) is 8.16. The molecule has 11 heteroatoms. The summed E-state index contributed by atoms with van der Waals surface area (Å²) in [5, 5.41) is 4.97. The van der Waals surface area contributed by atoms with Crippen LogP contribution in [0.15, 0.2) is 102 Å². The topological polar surface area (TPSA) is 123 Å². The number of carbonyl (C=O) groups is 4. The van der Waals surface area contributed by atoms with E-state index in [1.54, 1.807) is 33.9 Å². The molecule has 3 heterocycles. The molecule has 3 aliphatic rings. The summed E-state index contributed by atoms with van der Waals surface area (Å²) in [5.74, 6) is -0.618. The second-order valence-electron chi connectivity index (χ2n) is 12.6. The van der Waals surface area contributed by atoms with Crippen LogP contribution in [-0.4, -0.2) is 65.2 Å². The number of fused-ring (bicyclic) bond motifs is 1. The Balaban J connectivity index is 1.47. The highest BCUT2D eigenvalue weighted by Crippen LogP contribution is 2.46. The molecule has 0 unspecified atom stereocenters. The zero-order chi connectivity index (χ0) is 34.0. The maximum atomic E-state index is 14.6. The van der Waals surface area contributed by atoms with Crippen LogP contribution in [-0.2, 0) is 23.9 Å². The van der Waals surface area contributed by atoms with Crippen LogP contribution < -0.4 is 15.4 Å². The number of amides is 3. The molecule has 2 N–H and O–H groups in total. The number of thioether (sulfide) groups is 1. The van der Waals surface area contributed by atoms with Crippen molar-refractivity contribution in [2.75, 3.05) is 19.4 Å². The van der Waals surface area contributed by atoms with Gasteiger partial charge in [-0.15, -0.1) is 11.8 Å². The fourth-order valence-electron chi connectivity index (χ4n) is 6.05. The van der Waals surface area contributed by atoms with Crippen molar-refractivity contribution in [3.05, 3.63) is 118 Å². The number of rotatable bonds is 8. The number of β-lactam (4-membered cyclic amide) rings is 1. The molecule has 3 aromatic carbocycles. The number of benzene rings is 3. The molecule has 0 spiro atoms. The van der Waals surface area contributed by atoms with Crippen LogP contribution in [0.2, 0.25) is 0 Å². The second kappa shape index (κ2) is 13.6. The van der Waals surface area contributed by atoms with Crippen molar-refractivity contribution in [2.45, 2.75) is 50.3 Å². The van der Waals surface area contributed by atoms with Crippen molar-refractivity contribution < 1.29 is 33.4 Å². The molecule has 2 atom stereocenters. The van der Waals surface area contributed by atoms with Crippen molar-refractivity contribution in [2.24, 2.45) is 0 Å². The average Bonchev–Trinajstić information content (AvgIpc) is 3.50. The molecule has 3 aliphatic heterocycles. The van der Waals surface area contributed by atoms with E-state index in [0.717, 1.165) is 11.1 Å². The monoisotopic (exact) mass is 667 g/mol. The number of hydrogen-bond donors (Lipinski definition) is 2. The van der Waals surface area contributed by atoms with Gasteiger partial charge in [-0.1, -0.05) is 72.8 Å². The first kappa shape index (κ1) is 32.9. The van der Waals surface area contributed by atoms with E-state index in [2.05, 4.69) is 10.6 Å².